The largest absolute Gasteiger partial charge is 0.410 e. The fourth-order valence-corrected chi connectivity index (χ4v) is 2.37. The molecular weight excluding hydrogens is 184 g/mol. The number of hydrogen-bond donors (Lipinski definition) is 1. The summed E-state index contributed by atoms with van der Waals surface area (Å²) in [6.07, 6.45) is 1.02. The summed E-state index contributed by atoms with van der Waals surface area (Å²) in [4.78, 5) is 0. The molecule has 0 amide bonds. The second kappa shape index (κ2) is 6.52. The molecule has 0 aliphatic heterocycles. The van der Waals surface area contributed by atoms with E-state index in [1.807, 2.05) is 0 Å². The van der Waals surface area contributed by atoms with E-state index in [2.05, 4.69) is 18.6 Å². The van der Waals surface area contributed by atoms with Crippen molar-refractivity contribution in [3.8, 4) is 0 Å². The van der Waals surface area contributed by atoms with Gasteiger partial charge in [-0.05, 0) is 19.0 Å². The van der Waals surface area contributed by atoms with E-state index >= 15 is 0 Å². The summed E-state index contributed by atoms with van der Waals surface area (Å²) in [5.41, 5.74) is 0. The molecule has 64 valence electrons. The van der Waals surface area contributed by atoms with E-state index in [1.165, 1.54) is 0 Å². The zero-order valence-electron chi connectivity index (χ0n) is 5.85. The Morgan fingerprint density at radius 1 is 1.60 bits per heavy atom. The molecule has 0 aliphatic rings. The minimum absolute atomic E-state index is 0. The average Bonchev–Trinajstić information content (AvgIpc) is 1.84. The van der Waals surface area contributed by atoms with Crippen LogP contribution in [0.2, 0.25) is 12.6 Å². The molecule has 1 unspecified atom stereocenters. The normalized spacial score (nSPS) is 15.6. The summed E-state index contributed by atoms with van der Waals surface area (Å²) in [7, 11) is 0.127. The van der Waals surface area contributed by atoms with Gasteiger partial charge in [-0.1, -0.05) is 7.43 Å². The lowest BCUT2D eigenvalue weighted by atomic mass is 10.6. The van der Waals surface area contributed by atoms with Crippen molar-refractivity contribution in [2.75, 3.05) is 13.0 Å². The van der Waals surface area contributed by atoms with Crippen molar-refractivity contribution in [2.45, 2.75) is 26.4 Å². The van der Waals surface area contributed by atoms with Crippen molar-refractivity contribution in [1.29, 1.82) is 0 Å². The number of hydrogen-bond acceptors (Lipinski definition) is 2. The van der Waals surface area contributed by atoms with Crippen molar-refractivity contribution in [3.63, 3.8) is 0 Å². The van der Waals surface area contributed by atoms with Crippen LogP contribution in [0.3, 0.4) is 0 Å². The average molecular weight is 201 g/mol. The Hall–Kier alpha value is 0.817. The molecule has 0 aromatic carbocycles. The molecule has 0 heterocycles. The van der Waals surface area contributed by atoms with Crippen molar-refractivity contribution in [1.82, 2.24) is 0 Å². The highest BCUT2D eigenvalue weighted by Gasteiger charge is 2.20. The zero-order valence-corrected chi connectivity index (χ0v) is 8.51. The molecular formula is C6H17ClOSSi. The molecule has 0 fully saturated rings. The third kappa shape index (κ3) is 6.93. The van der Waals surface area contributed by atoms with E-state index in [4.69, 9.17) is 16.0 Å². The number of rotatable bonds is 4. The fourth-order valence-electron chi connectivity index (χ4n) is 0.497. The molecule has 0 aliphatic carbocycles. The van der Waals surface area contributed by atoms with E-state index < -0.39 is 7.47 Å². The van der Waals surface area contributed by atoms with Gasteiger partial charge in [-0.15, -0.1) is 11.6 Å². The first-order valence-electron chi connectivity index (χ1n) is 2.96. The number of thiol groups is 1. The van der Waals surface area contributed by atoms with Gasteiger partial charge >= 0.3 is 0 Å². The van der Waals surface area contributed by atoms with Crippen molar-refractivity contribution in [2.24, 2.45) is 0 Å². The van der Waals surface area contributed by atoms with Crippen LogP contribution in [0.25, 0.3) is 0 Å². The first kappa shape index (κ1) is 13.4. The Bertz CT molecular complexity index is 80.1. The monoisotopic (exact) mass is 200 g/mol. The van der Waals surface area contributed by atoms with Crippen LogP contribution in [-0.4, -0.2) is 20.5 Å². The predicted octanol–water partition coefficient (Wildman–Crippen LogP) is 2.90. The van der Waals surface area contributed by atoms with Gasteiger partial charge in [-0.2, -0.15) is 12.1 Å². The van der Waals surface area contributed by atoms with Gasteiger partial charge in [-0.3, -0.25) is 0 Å². The van der Waals surface area contributed by atoms with Crippen LogP contribution in [0.5, 0.6) is 0 Å². The quantitative estimate of drug-likeness (QED) is 0.417. The molecule has 0 saturated carbocycles. The lowest BCUT2D eigenvalue weighted by Gasteiger charge is -2.16. The van der Waals surface area contributed by atoms with Gasteiger partial charge in [0.1, 0.15) is 0 Å². The van der Waals surface area contributed by atoms with Crippen LogP contribution in [0.1, 0.15) is 13.8 Å². The molecule has 10 heavy (non-hydrogen) atoms. The summed E-state index contributed by atoms with van der Waals surface area (Å²) < 4.78 is 5.18. The molecule has 0 N–H and O–H groups in total. The van der Waals surface area contributed by atoms with E-state index in [9.17, 15) is 0 Å². The Morgan fingerprint density at radius 3 is 2.40 bits per heavy atom. The van der Waals surface area contributed by atoms with Gasteiger partial charge in [0.25, 0.3) is 0 Å². The highest BCUT2D eigenvalue weighted by molar-refractivity contribution is 8.13. The molecule has 4 heteroatoms. The van der Waals surface area contributed by atoms with Crippen LogP contribution < -0.4 is 0 Å². The SMILES string of the molecule is C.CO[Si](C)(S)CCCCl. The van der Waals surface area contributed by atoms with Gasteiger partial charge in [-0.25, -0.2) is 0 Å². The van der Waals surface area contributed by atoms with E-state index in [1.54, 1.807) is 7.11 Å². The predicted molar refractivity (Wildman–Crippen MR) is 54.5 cm³/mol. The number of alkyl halides is 1. The van der Waals surface area contributed by atoms with E-state index in [0.29, 0.717) is 5.88 Å². The highest BCUT2D eigenvalue weighted by atomic mass is 35.5. The van der Waals surface area contributed by atoms with Gasteiger partial charge < -0.3 is 4.43 Å². The minimum Gasteiger partial charge on any atom is -0.410 e. The standard InChI is InChI=1S/C5H13ClOSSi.CH4/c1-7-9(2,8)5-3-4-6;/h8H,3-5H2,1-2H3;1H4. The second-order valence-corrected chi connectivity index (χ2v) is 8.65. The summed E-state index contributed by atoms with van der Waals surface area (Å²) >= 11 is 9.88. The van der Waals surface area contributed by atoms with Crippen LogP contribution >= 0.6 is 23.7 Å². The molecule has 0 rings (SSSR count). The van der Waals surface area contributed by atoms with Gasteiger partial charge in [0.2, 0.25) is 7.47 Å². The molecule has 0 aromatic heterocycles. The van der Waals surface area contributed by atoms with Gasteiger partial charge in [0.15, 0.2) is 0 Å². The first-order valence-corrected chi connectivity index (χ1v) is 7.40. The van der Waals surface area contributed by atoms with E-state index in [-0.39, 0.29) is 7.43 Å². The third-order valence-electron chi connectivity index (χ3n) is 1.21. The summed E-state index contributed by atoms with van der Waals surface area (Å²) in [5, 5.41) is 0. The molecule has 0 saturated heterocycles. The lowest BCUT2D eigenvalue weighted by Crippen LogP contribution is -2.25. The topological polar surface area (TPSA) is 9.23 Å². The number of halogens is 1. The fraction of sp³-hybridized carbons (Fsp3) is 1.00. The maximum absolute atomic E-state index is 5.50. The highest BCUT2D eigenvalue weighted by Crippen LogP contribution is 2.16. The minimum atomic E-state index is -1.59. The molecule has 0 radical (unpaired) electrons. The van der Waals surface area contributed by atoms with Crippen LogP contribution in [-0.2, 0) is 4.43 Å². The smallest absolute Gasteiger partial charge is 0.247 e. The van der Waals surface area contributed by atoms with E-state index in [0.717, 1.165) is 12.5 Å². The Morgan fingerprint density at radius 2 is 2.10 bits per heavy atom. The van der Waals surface area contributed by atoms with Crippen molar-refractivity contribution in [3.05, 3.63) is 0 Å². The molecule has 0 bridgehead atoms. The molecule has 0 spiro atoms. The maximum atomic E-state index is 5.50. The van der Waals surface area contributed by atoms with Crippen LogP contribution in [0, 0.1) is 0 Å². The van der Waals surface area contributed by atoms with Crippen molar-refractivity contribution < 1.29 is 4.43 Å². The first-order chi connectivity index (χ1) is 4.12. The van der Waals surface area contributed by atoms with Gasteiger partial charge in [0, 0.05) is 13.0 Å². The van der Waals surface area contributed by atoms with Crippen LogP contribution in [0.15, 0.2) is 0 Å². The molecule has 0 aromatic rings. The molecule has 1 atom stereocenters. The second-order valence-electron chi connectivity index (χ2n) is 2.17. The Balaban J connectivity index is 0. The van der Waals surface area contributed by atoms with Crippen molar-refractivity contribution >= 4 is 31.1 Å². The lowest BCUT2D eigenvalue weighted by molar-refractivity contribution is 0.417. The zero-order chi connectivity index (χ0) is 7.33. The summed E-state index contributed by atoms with van der Waals surface area (Å²) in [5.74, 6) is 0.715. The summed E-state index contributed by atoms with van der Waals surface area (Å²) in [6.45, 7) is 2.07. The Kier molecular flexibility index (Phi) is 8.75. The van der Waals surface area contributed by atoms with Crippen LogP contribution in [0.4, 0.5) is 0 Å². The third-order valence-corrected chi connectivity index (χ3v) is 4.86. The molecule has 1 nitrogen and oxygen atoms in total. The Labute approximate surface area is 75.3 Å². The summed E-state index contributed by atoms with van der Waals surface area (Å²) in [6, 6.07) is 1.04. The maximum Gasteiger partial charge on any atom is 0.247 e. The van der Waals surface area contributed by atoms with Gasteiger partial charge in [0.05, 0.1) is 0 Å².